The van der Waals surface area contributed by atoms with Gasteiger partial charge in [-0.15, -0.1) is 0 Å². The molecule has 0 saturated carbocycles. The maximum absolute atomic E-state index is 2.43. The minimum Gasteiger partial charge on any atom is -0.205 e. The predicted octanol–water partition coefficient (Wildman–Crippen LogP) is 9.75. The summed E-state index contributed by atoms with van der Waals surface area (Å²) in [5.41, 5.74) is 1.53. The molecule has 0 aliphatic heterocycles. The Morgan fingerprint density at radius 1 is 0.516 bits per heavy atom. The van der Waals surface area contributed by atoms with E-state index in [-0.39, 0.29) is 0 Å². The highest BCUT2D eigenvalue weighted by Gasteiger charge is 2.03. The van der Waals surface area contributed by atoms with Crippen LogP contribution in [0.5, 0.6) is 0 Å². The minimum atomic E-state index is 1.20. The van der Waals surface area contributed by atoms with Gasteiger partial charge in [0, 0.05) is 18.1 Å². The third-order valence-electron chi connectivity index (χ3n) is 6.76. The van der Waals surface area contributed by atoms with Crippen LogP contribution in [0.4, 0.5) is 0 Å². The van der Waals surface area contributed by atoms with Crippen molar-refractivity contribution >= 4 is 0 Å². The van der Waals surface area contributed by atoms with Crippen LogP contribution >= 0.6 is 0 Å². The van der Waals surface area contributed by atoms with E-state index in [0.29, 0.717) is 0 Å². The van der Waals surface area contributed by atoms with Crippen LogP contribution in [0.1, 0.15) is 154 Å². The minimum absolute atomic E-state index is 1.20. The van der Waals surface area contributed by atoms with Crippen LogP contribution in [0.15, 0.2) is 24.5 Å². The monoisotopic (exact) mass is 430 g/mol. The molecule has 0 radical (unpaired) electrons. The summed E-state index contributed by atoms with van der Waals surface area (Å²) in [5.74, 6) is 0. The Labute approximate surface area is 196 Å². The molecule has 0 aliphatic carbocycles. The van der Waals surface area contributed by atoms with Gasteiger partial charge in [0.05, 0.1) is 0 Å². The van der Waals surface area contributed by atoms with Gasteiger partial charge in [-0.25, -0.2) is 4.57 Å². The van der Waals surface area contributed by atoms with Gasteiger partial charge in [0.15, 0.2) is 12.4 Å². The molecule has 0 unspecified atom stereocenters. The third-order valence-corrected chi connectivity index (χ3v) is 6.76. The number of nitrogens with zero attached hydrogens (tertiary/aromatic N) is 1. The second-order valence-corrected chi connectivity index (χ2v) is 9.92. The number of rotatable bonds is 23. The van der Waals surface area contributed by atoms with Crippen molar-refractivity contribution in [1.29, 1.82) is 0 Å². The van der Waals surface area contributed by atoms with E-state index in [4.69, 9.17) is 0 Å². The molecule has 0 N–H and O–H groups in total. The number of hydrogen-bond acceptors (Lipinski definition) is 0. The molecule has 0 aliphatic rings. The molecule has 1 heterocycles. The Morgan fingerprint density at radius 2 is 0.935 bits per heavy atom. The number of hydrogen-bond donors (Lipinski definition) is 0. The van der Waals surface area contributed by atoms with Crippen molar-refractivity contribution in [3.8, 4) is 0 Å². The van der Waals surface area contributed by atoms with E-state index in [1.54, 1.807) is 0 Å². The van der Waals surface area contributed by atoms with Crippen molar-refractivity contribution in [2.24, 2.45) is 0 Å². The highest BCUT2D eigenvalue weighted by molar-refractivity contribution is 5.05. The molecule has 31 heavy (non-hydrogen) atoms. The van der Waals surface area contributed by atoms with Crippen LogP contribution in [-0.4, -0.2) is 0 Å². The van der Waals surface area contributed by atoms with Gasteiger partial charge in [0.1, 0.15) is 6.54 Å². The standard InChI is InChI=1S/C30H56N/c1-3-5-7-9-11-13-15-16-18-20-22-25-30-26-24-28-31(29-30)27-23-21-19-17-14-12-10-8-6-4-2/h24,26,28-29H,3-23,25,27H2,1-2H3/q+1. The van der Waals surface area contributed by atoms with Gasteiger partial charge >= 0.3 is 0 Å². The second kappa shape index (κ2) is 22.3. The Balaban J connectivity index is 1.95. The predicted molar refractivity (Wildman–Crippen MR) is 139 cm³/mol. The molecule has 1 aromatic heterocycles. The molecule has 1 nitrogen and oxygen atoms in total. The molecule has 0 amide bonds. The van der Waals surface area contributed by atoms with Gasteiger partial charge in [-0.3, -0.25) is 0 Å². The lowest BCUT2D eigenvalue weighted by Crippen LogP contribution is -2.33. The summed E-state index contributed by atoms with van der Waals surface area (Å²) in [6, 6.07) is 4.58. The van der Waals surface area contributed by atoms with Crippen LogP contribution in [0.3, 0.4) is 0 Å². The summed E-state index contributed by atoms with van der Waals surface area (Å²) in [4.78, 5) is 0. The van der Waals surface area contributed by atoms with Gasteiger partial charge in [-0.1, -0.05) is 129 Å². The van der Waals surface area contributed by atoms with Crippen LogP contribution < -0.4 is 4.57 Å². The third kappa shape index (κ3) is 18.4. The summed E-state index contributed by atoms with van der Waals surface area (Å²) in [5, 5.41) is 0. The van der Waals surface area contributed by atoms with E-state index < -0.39 is 0 Å². The summed E-state index contributed by atoms with van der Waals surface area (Å²) >= 11 is 0. The lowest BCUT2D eigenvalue weighted by Gasteiger charge is -2.04. The molecule has 0 saturated heterocycles. The van der Waals surface area contributed by atoms with E-state index >= 15 is 0 Å². The Kier molecular flexibility index (Phi) is 20.3. The topological polar surface area (TPSA) is 3.88 Å². The average Bonchev–Trinajstić information content (AvgIpc) is 2.79. The summed E-state index contributed by atoms with van der Waals surface area (Å²) < 4.78 is 2.43. The van der Waals surface area contributed by atoms with Crippen molar-refractivity contribution in [2.75, 3.05) is 0 Å². The molecule has 1 aromatic rings. The summed E-state index contributed by atoms with van der Waals surface area (Å²) in [6.07, 6.45) is 35.8. The zero-order valence-corrected chi connectivity index (χ0v) is 21.5. The van der Waals surface area contributed by atoms with Crippen LogP contribution in [0.25, 0.3) is 0 Å². The Bertz CT molecular complexity index is 481. The quantitative estimate of drug-likeness (QED) is 0.120. The van der Waals surface area contributed by atoms with Crippen LogP contribution in [0.2, 0.25) is 0 Å². The second-order valence-electron chi connectivity index (χ2n) is 9.92. The van der Waals surface area contributed by atoms with Gasteiger partial charge in [-0.2, -0.15) is 0 Å². The van der Waals surface area contributed by atoms with E-state index in [0.717, 1.165) is 0 Å². The first kappa shape index (κ1) is 28.2. The molecule has 0 bridgehead atoms. The number of pyridine rings is 1. The fourth-order valence-electron chi connectivity index (χ4n) is 4.64. The average molecular weight is 431 g/mol. The van der Waals surface area contributed by atoms with Crippen molar-refractivity contribution < 1.29 is 4.57 Å². The number of unbranched alkanes of at least 4 members (excludes halogenated alkanes) is 19. The van der Waals surface area contributed by atoms with Crippen LogP contribution in [-0.2, 0) is 13.0 Å². The first-order chi connectivity index (χ1) is 15.4. The molecule has 0 atom stereocenters. The van der Waals surface area contributed by atoms with Gasteiger partial charge < -0.3 is 0 Å². The number of aromatic nitrogens is 1. The zero-order valence-electron chi connectivity index (χ0n) is 21.5. The lowest BCUT2D eigenvalue weighted by molar-refractivity contribution is -0.697. The van der Waals surface area contributed by atoms with Crippen molar-refractivity contribution in [1.82, 2.24) is 0 Å². The van der Waals surface area contributed by atoms with E-state index in [9.17, 15) is 0 Å². The van der Waals surface area contributed by atoms with E-state index in [2.05, 4.69) is 42.9 Å². The Hall–Kier alpha value is -0.850. The van der Waals surface area contributed by atoms with Crippen molar-refractivity contribution in [3.63, 3.8) is 0 Å². The molecule has 0 spiro atoms. The first-order valence-corrected chi connectivity index (χ1v) is 14.3. The van der Waals surface area contributed by atoms with Gasteiger partial charge in [0.25, 0.3) is 0 Å². The molecule has 1 heteroatoms. The summed E-state index contributed by atoms with van der Waals surface area (Å²) in [7, 11) is 0. The first-order valence-electron chi connectivity index (χ1n) is 14.3. The fourth-order valence-corrected chi connectivity index (χ4v) is 4.64. The zero-order chi connectivity index (χ0) is 22.2. The molecular weight excluding hydrogens is 374 g/mol. The van der Waals surface area contributed by atoms with E-state index in [1.165, 1.54) is 153 Å². The van der Waals surface area contributed by atoms with Crippen molar-refractivity contribution in [3.05, 3.63) is 30.1 Å². The van der Waals surface area contributed by atoms with Crippen LogP contribution in [0, 0.1) is 0 Å². The lowest BCUT2D eigenvalue weighted by atomic mass is 10.0. The van der Waals surface area contributed by atoms with Gasteiger partial charge in [0.2, 0.25) is 0 Å². The highest BCUT2D eigenvalue weighted by atomic mass is 14.9. The number of aryl methyl sites for hydroxylation is 2. The highest BCUT2D eigenvalue weighted by Crippen LogP contribution is 2.13. The molecular formula is C30H56N+. The smallest absolute Gasteiger partial charge is 0.171 e. The normalized spacial score (nSPS) is 11.3. The van der Waals surface area contributed by atoms with E-state index in [1.807, 2.05) is 0 Å². The fraction of sp³-hybridized carbons (Fsp3) is 0.833. The SMILES string of the molecule is CCCCCCCCCCCCCc1ccc[n+](CCCCCCCCCCCC)c1. The maximum Gasteiger partial charge on any atom is 0.171 e. The van der Waals surface area contributed by atoms with Gasteiger partial charge in [-0.05, 0) is 25.3 Å². The Morgan fingerprint density at radius 3 is 1.42 bits per heavy atom. The molecule has 0 fully saturated rings. The largest absolute Gasteiger partial charge is 0.205 e. The molecule has 180 valence electrons. The molecule has 1 rings (SSSR count). The summed E-state index contributed by atoms with van der Waals surface area (Å²) in [6.45, 7) is 5.79. The van der Waals surface area contributed by atoms with Crippen molar-refractivity contribution in [2.45, 2.75) is 162 Å². The maximum atomic E-state index is 2.43. The molecule has 0 aromatic carbocycles.